The number of hydrogen-bond donors (Lipinski definition) is 0. The van der Waals surface area contributed by atoms with Crippen LogP contribution in [0.15, 0.2) is 12.2 Å². The van der Waals surface area contributed by atoms with Crippen molar-refractivity contribution >= 4 is 0 Å². The second-order valence-corrected chi connectivity index (χ2v) is 5.73. The first-order chi connectivity index (χ1) is 6.86. The maximum Gasteiger partial charge on any atom is 0.0702 e. The number of nitrogens with zero attached hydrogens (tertiary/aromatic N) is 1. The maximum atomic E-state index is 9.59. The lowest BCUT2D eigenvalue weighted by Crippen LogP contribution is -2.38. The number of allylic oxidation sites excluding steroid dienone is 2. The topological polar surface area (TPSA) is 23.8 Å². The van der Waals surface area contributed by atoms with Gasteiger partial charge in [-0.15, -0.1) is 0 Å². The number of rotatable bonds is 0. The molecular weight excluding hydrogens is 170 g/mol. The Morgan fingerprint density at radius 2 is 2.14 bits per heavy atom. The van der Waals surface area contributed by atoms with Gasteiger partial charge in [-0.1, -0.05) is 12.2 Å². The minimum atomic E-state index is 0.0995. The SMILES string of the molecule is N#CC12C3C=CC(C3)C1C1CCC2C1. The molecule has 0 radical (unpaired) electrons. The molecule has 0 N–H and O–H groups in total. The van der Waals surface area contributed by atoms with Crippen LogP contribution in [0.3, 0.4) is 0 Å². The van der Waals surface area contributed by atoms with E-state index in [0.717, 1.165) is 23.7 Å². The van der Waals surface area contributed by atoms with Gasteiger partial charge in [0.05, 0.1) is 11.5 Å². The predicted octanol–water partition coefficient (Wildman–Crippen LogP) is 2.75. The quantitative estimate of drug-likeness (QED) is 0.420. The van der Waals surface area contributed by atoms with Crippen LogP contribution in [-0.4, -0.2) is 0 Å². The summed E-state index contributed by atoms with van der Waals surface area (Å²) in [6, 6.07) is 2.75. The average molecular weight is 185 g/mol. The Morgan fingerprint density at radius 3 is 2.93 bits per heavy atom. The minimum Gasteiger partial charge on any atom is -0.198 e. The summed E-state index contributed by atoms with van der Waals surface area (Å²) < 4.78 is 0. The van der Waals surface area contributed by atoms with E-state index in [0.29, 0.717) is 5.92 Å². The Bertz CT molecular complexity index is 364. The second kappa shape index (κ2) is 2.08. The van der Waals surface area contributed by atoms with Crippen LogP contribution >= 0.6 is 0 Å². The Kier molecular flexibility index (Phi) is 1.12. The van der Waals surface area contributed by atoms with Gasteiger partial charge in [0, 0.05) is 0 Å². The highest BCUT2D eigenvalue weighted by atomic mass is 14.7. The van der Waals surface area contributed by atoms with Crippen LogP contribution < -0.4 is 0 Å². The van der Waals surface area contributed by atoms with E-state index in [1.54, 1.807) is 0 Å². The van der Waals surface area contributed by atoms with Gasteiger partial charge in [-0.3, -0.25) is 0 Å². The van der Waals surface area contributed by atoms with E-state index in [4.69, 9.17) is 0 Å². The molecule has 1 heteroatoms. The predicted molar refractivity (Wildman–Crippen MR) is 53.1 cm³/mol. The number of fused-ring (bicyclic) bond motifs is 9. The minimum absolute atomic E-state index is 0.0995. The van der Waals surface area contributed by atoms with Gasteiger partial charge in [-0.2, -0.15) is 5.26 Å². The fourth-order valence-corrected chi connectivity index (χ4v) is 5.29. The van der Waals surface area contributed by atoms with Crippen molar-refractivity contribution in [2.24, 2.45) is 35.0 Å². The molecule has 1 nitrogen and oxygen atoms in total. The summed E-state index contributed by atoms with van der Waals surface area (Å²) in [6.45, 7) is 0. The first-order valence-corrected chi connectivity index (χ1v) is 5.96. The molecule has 4 bridgehead atoms. The zero-order chi connectivity index (χ0) is 9.34. The fraction of sp³-hybridized carbons (Fsp3) is 0.769. The molecule has 72 valence electrons. The molecule has 4 rings (SSSR count). The van der Waals surface area contributed by atoms with Crippen molar-refractivity contribution in [1.82, 2.24) is 0 Å². The van der Waals surface area contributed by atoms with Crippen LogP contribution in [0.4, 0.5) is 0 Å². The van der Waals surface area contributed by atoms with Gasteiger partial charge in [0.2, 0.25) is 0 Å². The van der Waals surface area contributed by atoms with Crippen LogP contribution in [0.25, 0.3) is 0 Å². The fourth-order valence-electron chi connectivity index (χ4n) is 5.29. The van der Waals surface area contributed by atoms with Crippen molar-refractivity contribution in [2.45, 2.75) is 25.7 Å². The molecule has 0 aromatic carbocycles. The summed E-state index contributed by atoms with van der Waals surface area (Å²) in [5.41, 5.74) is 0.0995. The van der Waals surface area contributed by atoms with Crippen LogP contribution in [0.1, 0.15) is 25.7 Å². The van der Waals surface area contributed by atoms with E-state index in [2.05, 4.69) is 18.2 Å². The highest BCUT2D eigenvalue weighted by Gasteiger charge is 2.68. The summed E-state index contributed by atoms with van der Waals surface area (Å²) in [7, 11) is 0. The molecule has 0 amide bonds. The molecule has 3 saturated carbocycles. The first-order valence-electron chi connectivity index (χ1n) is 5.96. The Morgan fingerprint density at radius 1 is 1.21 bits per heavy atom. The summed E-state index contributed by atoms with van der Waals surface area (Å²) in [4.78, 5) is 0. The van der Waals surface area contributed by atoms with Gasteiger partial charge >= 0.3 is 0 Å². The van der Waals surface area contributed by atoms with Crippen molar-refractivity contribution in [3.63, 3.8) is 0 Å². The zero-order valence-electron chi connectivity index (χ0n) is 8.32. The van der Waals surface area contributed by atoms with Crippen molar-refractivity contribution in [2.75, 3.05) is 0 Å². The lowest BCUT2D eigenvalue weighted by molar-refractivity contribution is 0.129. The molecule has 0 aromatic heterocycles. The summed E-state index contributed by atoms with van der Waals surface area (Å²) in [5.74, 6) is 3.80. The van der Waals surface area contributed by atoms with E-state index in [1.807, 2.05) is 0 Å². The maximum absolute atomic E-state index is 9.59. The van der Waals surface area contributed by atoms with Crippen LogP contribution in [0.2, 0.25) is 0 Å². The summed E-state index contributed by atoms with van der Waals surface area (Å²) in [6.07, 6.45) is 10.2. The van der Waals surface area contributed by atoms with Crippen LogP contribution in [0.5, 0.6) is 0 Å². The number of nitriles is 1. The summed E-state index contributed by atoms with van der Waals surface area (Å²) >= 11 is 0. The third-order valence-electron chi connectivity index (χ3n) is 5.59. The molecule has 4 aliphatic rings. The Hall–Kier alpha value is -0.770. The third-order valence-corrected chi connectivity index (χ3v) is 5.59. The van der Waals surface area contributed by atoms with Crippen molar-refractivity contribution in [3.05, 3.63) is 12.2 Å². The molecule has 14 heavy (non-hydrogen) atoms. The molecule has 0 aromatic rings. The van der Waals surface area contributed by atoms with Gasteiger partial charge in [0.1, 0.15) is 0 Å². The second-order valence-electron chi connectivity index (χ2n) is 5.73. The van der Waals surface area contributed by atoms with E-state index in [9.17, 15) is 5.26 Å². The lowest BCUT2D eigenvalue weighted by Gasteiger charge is -2.39. The Labute approximate surface area is 84.8 Å². The summed E-state index contributed by atoms with van der Waals surface area (Å²) in [5, 5.41) is 9.59. The third kappa shape index (κ3) is 0.550. The largest absolute Gasteiger partial charge is 0.198 e. The highest BCUT2D eigenvalue weighted by Crippen LogP contribution is 2.72. The monoisotopic (exact) mass is 185 g/mol. The van der Waals surface area contributed by atoms with E-state index < -0.39 is 0 Å². The molecule has 0 heterocycles. The molecule has 4 aliphatic carbocycles. The van der Waals surface area contributed by atoms with Gasteiger partial charge in [0.25, 0.3) is 0 Å². The molecular formula is C13H15N. The van der Waals surface area contributed by atoms with Crippen molar-refractivity contribution in [3.8, 4) is 6.07 Å². The van der Waals surface area contributed by atoms with E-state index >= 15 is 0 Å². The average Bonchev–Trinajstić information content (AvgIpc) is 2.95. The normalized spacial score (nSPS) is 61.8. The highest BCUT2D eigenvalue weighted by molar-refractivity contribution is 5.31. The van der Waals surface area contributed by atoms with E-state index in [-0.39, 0.29) is 5.41 Å². The molecule has 6 unspecified atom stereocenters. The van der Waals surface area contributed by atoms with E-state index in [1.165, 1.54) is 25.7 Å². The van der Waals surface area contributed by atoms with Gasteiger partial charge in [0.15, 0.2) is 0 Å². The molecule has 0 spiro atoms. The zero-order valence-corrected chi connectivity index (χ0v) is 8.32. The van der Waals surface area contributed by atoms with Crippen molar-refractivity contribution in [1.29, 1.82) is 5.26 Å². The smallest absolute Gasteiger partial charge is 0.0702 e. The van der Waals surface area contributed by atoms with Crippen LogP contribution in [0, 0.1) is 46.3 Å². The van der Waals surface area contributed by atoms with Crippen molar-refractivity contribution < 1.29 is 0 Å². The molecule has 3 fully saturated rings. The standard InChI is InChI=1S/C13H15N/c14-7-13-10-3-1-8(5-10)12(13)9-2-4-11(13)6-9/h1,3,8-12H,2,4-6H2. The molecule has 6 atom stereocenters. The number of hydrogen-bond acceptors (Lipinski definition) is 1. The molecule has 0 saturated heterocycles. The lowest BCUT2D eigenvalue weighted by atomic mass is 9.62. The van der Waals surface area contributed by atoms with Gasteiger partial charge in [-0.05, 0) is 55.3 Å². The first kappa shape index (κ1) is 7.51. The van der Waals surface area contributed by atoms with Crippen LogP contribution in [-0.2, 0) is 0 Å². The molecule has 0 aliphatic heterocycles. The Balaban J connectivity index is 1.92. The van der Waals surface area contributed by atoms with Gasteiger partial charge < -0.3 is 0 Å². The van der Waals surface area contributed by atoms with Gasteiger partial charge in [-0.25, -0.2) is 0 Å².